The van der Waals surface area contributed by atoms with Crippen LogP contribution in [0.15, 0.2) is 47.9 Å². The van der Waals surface area contributed by atoms with Crippen LogP contribution >= 0.6 is 11.8 Å². The summed E-state index contributed by atoms with van der Waals surface area (Å²) in [5, 5.41) is 15.2. The number of benzene rings is 1. The van der Waals surface area contributed by atoms with Gasteiger partial charge in [0.05, 0.1) is 23.3 Å². The fourth-order valence-corrected chi connectivity index (χ4v) is 3.92. The minimum absolute atomic E-state index is 0.109. The van der Waals surface area contributed by atoms with Crippen molar-refractivity contribution in [1.82, 2.24) is 20.0 Å². The fourth-order valence-electron chi connectivity index (χ4n) is 2.79. The van der Waals surface area contributed by atoms with E-state index in [0.29, 0.717) is 6.54 Å². The van der Waals surface area contributed by atoms with E-state index in [1.165, 1.54) is 11.8 Å². The van der Waals surface area contributed by atoms with Crippen LogP contribution in [0.3, 0.4) is 0 Å². The molecule has 0 spiro atoms. The monoisotopic (exact) mass is 325 g/mol. The zero-order chi connectivity index (χ0) is 15.8. The van der Waals surface area contributed by atoms with Crippen molar-refractivity contribution in [3.63, 3.8) is 0 Å². The lowest BCUT2D eigenvalue weighted by Crippen LogP contribution is -2.27. The Kier molecular flexibility index (Phi) is 3.49. The van der Waals surface area contributed by atoms with Crippen LogP contribution in [0.4, 0.5) is 5.69 Å². The molecule has 1 atom stereocenters. The number of thioether (sulfide) groups is 1. The van der Waals surface area contributed by atoms with Crippen molar-refractivity contribution < 1.29 is 4.79 Å². The topological polar surface area (TPSA) is 63.9 Å². The molecule has 0 N–H and O–H groups in total. The second-order valence-corrected chi connectivity index (χ2v) is 6.69. The first-order chi connectivity index (χ1) is 11.2. The van der Waals surface area contributed by atoms with Crippen molar-refractivity contribution in [2.24, 2.45) is 7.05 Å². The van der Waals surface area contributed by atoms with Crippen LogP contribution < -0.4 is 4.90 Å². The summed E-state index contributed by atoms with van der Waals surface area (Å²) in [6, 6.07) is 7.98. The zero-order valence-corrected chi connectivity index (χ0v) is 13.4. The number of rotatable bonds is 3. The van der Waals surface area contributed by atoms with Crippen LogP contribution in [0.25, 0.3) is 10.8 Å². The molecular weight excluding hydrogens is 310 g/mol. The normalized spacial score (nSPS) is 18.0. The standard InChI is InChI=1S/C16H15N5OS/c1-20-10-12(9-18-20)21-7-6-14(16(21)22)23-15-13-5-3-2-4-11(13)8-17-19-15/h2-5,8-10,14H,6-7H2,1H3/t14-/m1/s1. The Morgan fingerprint density at radius 3 is 2.96 bits per heavy atom. The van der Waals surface area contributed by atoms with Gasteiger partial charge in [0, 0.05) is 30.6 Å². The third-order valence-corrected chi connectivity index (χ3v) is 5.20. The molecule has 0 saturated carbocycles. The Bertz CT molecular complexity index is 872. The first kappa shape index (κ1) is 14.2. The summed E-state index contributed by atoms with van der Waals surface area (Å²) >= 11 is 1.50. The van der Waals surface area contributed by atoms with E-state index >= 15 is 0 Å². The Labute approximate surface area is 137 Å². The maximum Gasteiger partial charge on any atom is 0.240 e. The fraction of sp³-hybridized carbons (Fsp3) is 0.250. The number of anilines is 1. The molecule has 1 aromatic carbocycles. The van der Waals surface area contributed by atoms with Crippen LogP contribution in [-0.2, 0) is 11.8 Å². The molecule has 0 unspecified atom stereocenters. The highest BCUT2D eigenvalue weighted by Gasteiger charge is 2.34. The van der Waals surface area contributed by atoms with Crippen molar-refractivity contribution >= 4 is 34.1 Å². The van der Waals surface area contributed by atoms with E-state index in [9.17, 15) is 4.79 Å². The predicted molar refractivity (Wildman–Crippen MR) is 89.4 cm³/mol. The van der Waals surface area contributed by atoms with Gasteiger partial charge < -0.3 is 4.90 Å². The van der Waals surface area contributed by atoms with E-state index < -0.39 is 0 Å². The molecule has 0 bridgehead atoms. The molecule has 6 nitrogen and oxygen atoms in total. The van der Waals surface area contributed by atoms with Crippen LogP contribution in [0.1, 0.15) is 6.42 Å². The van der Waals surface area contributed by atoms with Gasteiger partial charge >= 0.3 is 0 Å². The third kappa shape index (κ3) is 2.57. The molecule has 1 saturated heterocycles. The highest BCUT2D eigenvalue weighted by molar-refractivity contribution is 8.00. The highest BCUT2D eigenvalue weighted by Crippen LogP contribution is 2.34. The molecule has 1 aliphatic heterocycles. The molecule has 1 aliphatic rings. The second kappa shape index (κ2) is 5.66. The number of hydrogen-bond donors (Lipinski definition) is 0. The number of aromatic nitrogens is 4. The van der Waals surface area contributed by atoms with Gasteiger partial charge in [-0.1, -0.05) is 36.0 Å². The summed E-state index contributed by atoms with van der Waals surface area (Å²) in [4.78, 5) is 14.5. The summed E-state index contributed by atoms with van der Waals surface area (Å²) in [5.74, 6) is 0.109. The Morgan fingerprint density at radius 1 is 1.26 bits per heavy atom. The van der Waals surface area contributed by atoms with E-state index in [0.717, 1.165) is 27.9 Å². The van der Waals surface area contributed by atoms with Crippen LogP contribution in [0, 0.1) is 0 Å². The molecule has 3 heterocycles. The summed E-state index contributed by atoms with van der Waals surface area (Å²) in [6.07, 6.45) is 6.13. The van der Waals surface area contributed by atoms with Gasteiger partial charge in [0.1, 0.15) is 5.03 Å². The minimum Gasteiger partial charge on any atom is -0.308 e. The molecule has 23 heavy (non-hydrogen) atoms. The van der Waals surface area contributed by atoms with Crippen LogP contribution in [0.2, 0.25) is 0 Å². The van der Waals surface area contributed by atoms with Crippen molar-refractivity contribution in [3.05, 3.63) is 42.9 Å². The van der Waals surface area contributed by atoms with Gasteiger partial charge in [-0.15, -0.1) is 5.10 Å². The lowest BCUT2D eigenvalue weighted by molar-refractivity contribution is -0.116. The molecule has 0 radical (unpaired) electrons. The number of fused-ring (bicyclic) bond motifs is 1. The summed E-state index contributed by atoms with van der Waals surface area (Å²) in [7, 11) is 1.85. The SMILES string of the molecule is Cn1cc(N2CC[C@@H](Sc3nncc4ccccc34)C2=O)cn1. The minimum atomic E-state index is -0.129. The Hall–Kier alpha value is -2.41. The van der Waals surface area contributed by atoms with E-state index in [4.69, 9.17) is 0 Å². The van der Waals surface area contributed by atoms with Gasteiger partial charge in [-0.25, -0.2) is 0 Å². The quantitative estimate of drug-likeness (QED) is 0.739. The molecule has 2 aromatic heterocycles. The lowest BCUT2D eigenvalue weighted by Gasteiger charge is -2.14. The number of carbonyl (C=O) groups is 1. The molecule has 1 fully saturated rings. The van der Waals surface area contributed by atoms with Crippen molar-refractivity contribution in [2.75, 3.05) is 11.4 Å². The smallest absolute Gasteiger partial charge is 0.240 e. The largest absolute Gasteiger partial charge is 0.308 e. The average molecular weight is 325 g/mol. The zero-order valence-electron chi connectivity index (χ0n) is 12.6. The van der Waals surface area contributed by atoms with Crippen LogP contribution in [-0.4, -0.2) is 37.7 Å². The maximum absolute atomic E-state index is 12.7. The molecule has 116 valence electrons. The lowest BCUT2D eigenvalue weighted by atomic mass is 10.2. The summed E-state index contributed by atoms with van der Waals surface area (Å²) < 4.78 is 1.71. The molecule has 7 heteroatoms. The maximum atomic E-state index is 12.7. The number of amides is 1. The number of carbonyl (C=O) groups excluding carboxylic acids is 1. The first-order valence-electron chi connectivity index (χ1n) is 7.39. The van der Waals surface area contributed by atoms with Gasteiger partial charge in [0.2, 0.25) is 5.91 Å². The van der Waals surface area contributed by atoms with Gasteiger partial charge in [-0.3, -0.25) is 9.48 Å². The van der Waals surface area contributed by atoms with E-state index in [1.807, 2.05) is 37.5 Å². The number of nitrogens with zero attached hydrogens (tertiary/aromatic N) is 5. The summed E-state index contributed by atoms with van der Waals surface area (Å²) in [5.41, 5.74) is 0.851. The van der Waals surface area contributed by atoms with Crippen LogP contribution in [0.5, 0.6) is 0 Å². The van der Waals surface area contributed by atoms with Gasteiger partial charge in [-0.2, -0.15) is 10.2 Å². The molecule has 0 aliphatic carbocycles. The van der Waals surface area contributed by atoms with Crippen molar-refractivity contribution in [1.29, 1.82) is 0 Å². The molecule has 1 amide bonds. The van der Waals surface area contributed by atoms with Crippen molar-refractivity contribution in [3.8, 4) is 0 Å². The Morgan fingerprint density at radius 2 is 2.13 bits per heavy atom. The summed E-state index contributed by atoms with van der Waals surface area (Å²) in [6.45, 7) is 0.709. The molecular formula is C16H15N5OS. The molecule has 3 aromatic rings. The number of hydrogen-bond acceptors (Lipinski definition) is 5. The first-order valence-corrected chi connectivity index (χ1v) is 8.27. The Balaban J connectivity index is 1.59. The van der Waals surface area contributed by atoms with E-state index in [1.54, 1.807) is 22.0 Å². The second-order valence-electron chi connectivity index (χ2n) is 5.49. The predicted octanol–water partition coefficient (Wildman–Crippen LogP) is 2.26. The van der Waals surface area contributed by atoms with Gasteiger partial charge in [0.15, 0.2) is 0 Å². The van der Waals surface area contributed by atoms with Gasteiger partial charge in [-0.05, 0) is 6.42 Å². The average Bonchev–Trinajstić information content (AvgIpc) is 3.14. The third-order valence-electron chi connectivity index (χ3n) is 3.95. The van der Waals surface area contributed by atoms with E-state index in [2.05, 4.69) is 15.3 Å². The van der Waals surface area contributed by atoms with E-state index in [-0.39, 0.29) is 11.2 Å². The van der Waals surface area contributed by atoms with Crippen molar-refractivity contribution in [2.45, 2.75) is 16.7 Å². The number of aryl methyl sites for hydroxylation is 1. The van der Waals surface area contributed by atoms with Gasteiger partial charge in [0.25, 0.3) is 0 Å². The molecule has 4 rings (SSSR count). The highest BCUT2D eigenvalue weighted by atomic mass is 32.2.